The molecule has 9 heteroatoms. The summed E-state index contributed by atoms with van der Waals surface area (Å²) in [5.74, 6) is 0. The van der Waals surface area contributed by atoms with Crippen LogP contribution in [0.3, 0.4) is 0 Å². The summed E-state index contributed by atoms with van der Waals surface area (Å²) in [6.45, 7) is 0. The molecule has 1 aromatic rings. The quantitative estimate of drug-likeness (QED) is 0.677. The first kappa shape index (κ1) is 17.6. The number of amides is 2. The first-order valence-electron chi connectivity index (χ1n) is 7.03. The lowest BCUT2D eigenvalue weighted by atomic mass is 9.85. The van der Waals surface area contributed by atoms with Crippen LogP contribution in [-0.4, -0.2) is 34.5 Å². The van der Waals surface area contributed by atoms with Crippen molar-refractivity contribution in [3.8, 4) is 0 Å². The van der Waals surface area contributed by atoms with Crippen molar-refractivity contribution in [2.45, 2.75) is 31.1 Å². The molecule has 1 aliphatic carbocycles. The highest BCUT2D eigenvalue weighted by Crippen LogP contribution is 2.37. The standard InChI is InChI=1S/C15H15F3N2O4/c16-15(17,18)10-4-2-1-3-9(10)8-5-6-11(19-13(21)22)12(7-8)20-14(23)24/h1-5,11-12,19-20H,6-7H2,(H,21,22)(H,23,24)/t11-,12+/m0/s1. The van der Waals surface area contributed by atoms with E-state index in [2.05, 4.69) is 10.6 Å². The van der Waals surface area contributed by atoms with Gasteiger partial charge in [0.1, 0.15) is 0 Å². The predicted octanol–water partition coefficient (Wildman–Crippen LogP) is 3.16. The van der Waals surface area contributed by atoms with Gasteiger partial charge in [0.2, 0.25) is 0 Å². The van der Waals surface area contributed by atoms with E-state index in [1.807, 2.05) is 0 Å². The van der Waals surface area contributed by atoms with Gasteiger partial charge in [-0.15, -0.1) is 0 Å². The Morgan fingerprint density at radius 2 is 1.62 bits per heavy atom. The summed E-state index contributed by atoms with van der Waals surface area (Å²) < 4.78 is 39.4. The number of rotatable bonds is 3. The first-order valence-corrected chi connectivity index (χ1v) is 7.03. The molecule has 24 heavy (non-hydrogen) atoms. The van der Waals surface area contributed by atoms with Crippen LogP contribution in [0.2, 0.25) is 0 Å². The molecule has 2 rings (SSSR count). The Hall–Kier alpha value is -2.71. The third kappa shape index (κ3) is 4.18. The molecule has 0 aliphatic heterocycles. The third-order valence-corrected chi connectivity index (χ3v) is 3.74. The summed E-state index contributed by atoms with van der Waals surface area (Å²) in [6.07, 6.45) is -5.70. The molecule has 0 fully saturated rings. The molecule has 0 saturated heterocycles. The zero-order valence-corrected chi connectivity index (χ0v) is 12.3. The van der Waals surface area contributed by atoms with Crippen molar-refractivity contribution in [1.82, 2.24) is 10.6 Å². The molecule has 0 heterocycles. The second-order valence-electron chi connectivity index (χ2n) is 5.32. The van der Waals surface area contributed by atoms with Crippen molar-refractivity contribution >= 4 is 17.8 Å². The molecule has 0 unspecified atom stereocenters. The van der Waals surface area contributed by atoms with Crippen LogP contribution >= 0.6 is 0 Å². The smallest absolute Gasteiger partial charge is 0.416 e. The lowest BCUT2D eigenvalue weighted by Crippen LogP contribution is -2.52. The van der Waals surface area contributed by atoms with Gasteiger partial charge < -0.3 is 20.8 Å². The third-order valence-electron chi connectivity index (χ3n) is 3.74. The molecule has 4 N–H and O–H groups in total. The van der Waals surface area contributed by atoms with Crippen LogP contribution in [0.15, 0.2) is 30.3 Å². The molecule has 130 valence electrons. The van der Waals surface area contributed by atoms with Gasteiger partial charge in [0.05, 0.1) is 17.6 Å². The maximum Gasteiger partial charge on any atom is 0.416 e. The Morgan fingerprint density at radius 1 is 1.04 bits per heavy atom. The van der Waals surface area contributed by atoms with Gasteiger partial charge in [0.15, 0.2) is 0 Å². The Bertz CT molecular complexity index is 673. The summed E-state index contributed by atoms with van der Waals surface area (Å²) in [6, 6.07) is 3.40. The fourth-order valence-electron chi connectivity index (χ4n) is 2.75. The van der Waals surface area contributed by atoms with E-state index in [-0.39, 0.29) is 18.4 Å². The van der Waals surface area contributed by atoms with Gasteiger partial charge in [-0.1, -0.05) is 24.3 Å². The minimum atomic E-state index is -4.54. The van der Waals surface area contributed by atoms with Gasteiger partial charge in [-0.2, -0.15) is 13.2 Å². The van der Waals surface area contributed by atoms with E-state index in [0.717, 1.165) is 6.07 Å². The topological polar surface area (TPSA) is 98.7 Å². The maximum atomic E-state index is 13.1. The van der Waals surface area contributed by atoms with Crippen LogP contribution in [0.1, 0.15) is 24.0 Å². The number of alkyl halides is 3. The molecule has 6 nitrogen and oxygen atoms in total. The van der Waals surface area contributed by atoms with E-state index in [9.17, 15) is 22.8 Å². The predicted molar refractivity (Wildman–Crippen MR) is 78.6 cm³/mol. The lowest BCUT2D eigenvalue weighted by Gasteiger charge is -2.31. The number of halogens is 3. The van der Waals surface area contributed by atoms with Crippen molar-refractivity contribution < 1.29 is 33.0 Å². The largest absolute Gasteiger partial charge is 0.465 e. The van der Waals surface area contributed by atoms with Crippen LogP contribution in [0, 0.1) is 0 Å². The fraction of sp³-hybridized carbons (Fsp3) is 0.333. The summed E-state index contributed by atoms with van der Waals surface area (Å²) in [5, 5.41) is 22.0. The SMILES string of the molecule is O=C(O)N[C@H]1CC=C(c2ccccc2C(F)(F)F)C[C@H]1NC(=O)O. The molecule has 0 saturated carbocycles. The molecule has 2 amide bonds. The van der Waals surface area contributed by atoms with Gasteiger partial charge in [-0.05, 0) is 30.0 Å². The van der Waals surface area contributed by atoms with Gasteiger partial charge in [-0.3, -0.25) is 0 Å². The van der Waals surface area contributed by atoms with Crippen molar-refractivity contribution in [1.29, 1.82) is 0 Å². The van der Waals surface area contributed by atoms with Crippen LogP contribution < -0.4 is 10.6 Å². The number of carboxylic acid groups (broad SMARTS) is 2. The van der Waals surface area contributed by atoms with E-state index in [1.165, 1.54) is 24.3 Å². The van der Waals surface area contributed by atoms with Crippen LogP contribution in [0.25, 0.3) is 5.57 Å². The molecule has 0 aromatic heterocycles. The van der Waals surface area contributed by atoms with E-state index >= 15 is 0 Å². The Kier molecular flexibility index (Phi) is 5.01. The first-order chi connectivity index (χ1) is 11.2. The summed E-state index contributed by atoms with van der Waals surface area (Å²) in [4.78, 5) is 21.7. The van der Waals surface area contributed by atoms with Gasteiger partial charge >= 0.3 is 18.4 Å². The zero-order chi connectivity index (χ0) is 17.9. The maximum absolute atomic E-state index is 13.1. The molecule has 1 aromatic carbocycles. The van der Waals surface area contributed by atoms with Crippen molar-refractivity contribution in [3.05, 3.63) is 41.5 Å². The van der Waals surface area contributed by atoms with Crippen molar-refractivity contribution in [2.75, 3.05) is 0 Å². The minimum absolute atomic E-state index is 0.0315. The van der Waals surface area contributed by atoms with Crippen molar-refractivity contribution in [2.24, 2.45) is 0 Å². The average Bonchev–Trinajstić information content (AvgIpc) is 2.47. The number of hydrogen-bond donors (Lipinski definition) is 4. The normalized spacial score (nSPS) is 20.9. The lowest BCUT2D eigenvalue weighted by molar-refractivity contribution is -0.137. The van der Waals surface area contributed by atoms with E-state index in [0.29, 0.717) is 5.57 Å². The van der Waals surface area contributed by atoms with E-state index < -0.39 is 36.0 Å². The second-order valence-corrected chi connectivity index (χ2v) is 5.32. The van der Waals surface area contributed by atoms with E-state index in [4.69, 9.17) is 10.2 Å². The second kappa shape index (κ2) is 6.81. The monoisotopic (exact) mass is 344 g/mol. The summed E-state index contributed by atoms with van der Waals surface area (Å²) in [5.41, 5.74) is -0.518. The molecule has 0 spiro atoms. The van der Waals surface area contributed by atoms with Gasteiger partial charge in [-0.25, -0.2) is 9.59 Å². The summed E-state index contributed by atoms with van der Waals surface area (Å²) >= 11 is 0. The fourth-order valence-corrected chi connectivity index (χ4v) is 2.75. The molecule has 1 aliphatic rings. The Balaban J connectivity index is 2.34. The Morgan fingerprint density at radius 3 is 2.21 bits per heavy atom. The van der Waals surface area contributed by atoms with Crippen LogP contribution in [0.5, 0.6) is 0 Å². The molecule has 0 radical (unpaired) electrons. The number of benzene rings is 1. The van der Waals surface area contributed by atoms with Crippen LogP contribution in [-0.2, 0) is 6.18 Å². The highest BCUT2D eigenvalue weighted by atomic mass is 19.4. The molecular formula is C15H15F3N2O4. The number of carbonyl (C=O) groups is 2. The average molecular weight is 344 g/mol. The number of nitrogens with one attached hydrogen (secondary N) is 2. The summed E-state index contributed by atoms with van der Waals surface area (Å²) in [7, 11) is 0. The molecule has 0 bridgehead atoms. The van der Waals surface area contributed by atoms with Crippen molar-refractivity contribution in [3.63, 3.8) is 0 Å². The van der Waals surface area contributed by atoms with Crippen LogP contribution in [0.4, 0.5) is 22.8 Å². The molecular weight excluding hydrogens is 329 g/mol. The van der Waals surface area contributed by atoms with E-state index in [1.54, 1.807) is 0 Å². The zero-order valence-electron chi connectivity index (χ0n) is 12.3. The Labute approximate surface area is 135 Å². The molecule has 2 atom stereocenters. The van der Waals surface area contributed by atoms with Gasteiger partial charge in [0, 0.05) is 0 Å². The minimum Gasteiger partial charge on any atom is -0.465 e. The highest BCUT2D eigenvalue weighted by molar-refractivity contribution is 5.73. The number of hydrogen-bond acceptors (Lipinski definition) is 2. The highest BCUT2D eigenvalue weighted by Gasteiger charge is 2.36. The van der Waals surface area contributed by atoms with Gasteiger partial charge in [0.25, 0.3) is 0 Å².